The van der Waals surface area contributed by atoms with Gasteiger partial charge in [0.25, 0.3) is 0 Å². The van der Waals surface area contributed by atoms with Crippen molar-refractivity contribution in [3.05, 3.63) is 81.9 Å². The van der Waals surface area contributed by atoms with Gasteiger partial charge in [0, 0.05) is 51.2 Å². The van der Waals surface area contributed by atoms with Crippen LogP contribution in [0.4, 0.5) is 17.6 Å². The van der Waals surface area contributed by atoms with Gasteiger partial charge in [-0.1, -0.05) is 12.1 Å². The van der Waals surface area contributed by atoms with E-state index in [2.05, 4.69) is 0 Å². The second-order valence-electron chi connectivity index (χ2n) is 8.05. The molecule has 0 radical (unpaired) electrons. The zero-order valence-corrected chi connectivity index (χ0v) is 18.6. The summed E-state index contributed by atoms with van der Waals surface area (Å²) in [5.41, 5.74) is 0.676. The van der Waals surface area contributed by atoms with E-state index in [1.165, 1.54) is 34.1 Å². The van der Waals surface area contributed by atoms with Crippen molar-refractivity contribution in [3.63, 3.8) is 0 Å². The summed E-state index contributed by atoms with van der Waals surface area (Å²) in [6.07, 6.45) is 2.56. The van der Waals surface area contributed by atoms with Crippen LogP contribution in [0.5, 0.6) is 0 Å². The van der Waals surface area contributed by atoms with E-state index in [-0.39, 0.29) is 54.1 Å². The summed E-state index contributed by atoms with van der Waals surface area (Å²) in [5, 5.41) is 0. The number of hydrogen-bond acceptors (Lipinski definition) is 3. The summed E-state index contributed by atoms with van der Waals surface area (Å²) < 4.78 is 53.9. The number of nitrogens with zero attached hydrogens (tertiary/aromatic N) is 2. The molecule has 34 heavy (non-hydrogen) atoms. The highest BCUT2D eigenvalue weighted by Crippen LogP contribution is 2.24. The van der Waals surface area contributed by atoms with E-state index in [0.717, 1.165) is 24.3 Å². The predicted octanol–water partition coefficient (Wildman–Crippen LogP) is 3.99. The van der Waals surface area contributed by atoms with Crippen LogP contribution in [0.2, 0.25) is 0 Å². The lowest BCUT2D eigenvalue weighted by Crippen LogP contribution is -2.42. The van der Waals surface area contributed by atoms with Gasteiger partial charge < -0.3 is 9.80 Å². The molecule has 2 amide bonds. The fourth-order valence-electron chi connectivity index (χ4n) is 3.42. The maximum atomic E-state index is 13.6. The first kappa shape index (κ1) is 24.9. The smallest absolute Gasteiger partial charge is 0.223 e. The third kappa shape index (κ3) is 5.98. The number of ketones is 1. The molecule has 1 aliphatic rings. The van der Waals surface area contributed by atoms with Gasteiger partial charge in [-0.05, 0) is 47.5 Å². The van der Waals surface area contributed by atoms with Crippen LogP contribution in [0.1, 0.15) is 24.0 Å². The quantitative estimate of drug-likeness (QED) is 0.487. The first-order valence-corrected chi connectivity index (χ1v) is 10.4. The van der Waals surface area contributed by atoms with Crippen LogP contribution in [-0.2, 0) is 14.4 Å². The van der Waals surface area contributed by atoms with Gasteiger partial charge in [-0.3, -0.25) is 14.4 Å². The average molecular weight is 474 g/mol. The number of amides is 2. The van der Waals surface area contributed by atoms with Crippen LogP contribution < -0.4 is 0 Å². The maximum Gasteiger partial charge on any atom is 0.223 e. The van der Waals surface area contributed by atoms with Crippen LogP contribution in [0.3, 0.4) is 0 Å². The molecular weight excluding hydrogens is 452 g/mol. The van der Waals surface area contributed by atoms with Crippen molar-refractivity contribution in [3.8, 4) is 0 Å². The van der Waals surface area contributed by atoms with Crippen LogP contribution in [0.25, 0.3) is 12.2 Å². The van der Waals surface area contributed by atoms with Crippen molar-refractivity contribution in [1.29, 1.82) is 0 Å². The van der Waals surface area contributed by atoms with E-state index in [4.69, 9.17) is 0 Å². The molecule has 1 heterocycles. The Hall–Kier alpha value is -3.75. The van der Waals surface area contributed by atoms with Gasteiger partial charge in [0.05, 0.1) is 0 Å². The SMILES string of the molecule is CN(C)C(=O)CCC(=O)N1C/C(=C\c2ccc(F)c(F)c2)C(=O)/C(=C/c2ccc(F)c(F)c2)C1. The molecule has 5 nitrogen and oxygen atoms in total. The summed E-state index contributed by atoms with van der Waals surface area (Å²) in [7, 11) is 3.13. The van der Waals surface area contributed by atoms with E-state index in [0.29, 0.717) is 0 Å². The lowest BCUT2D eigenvalue weighted by molar-refractivity contribution is -0.136. The molecule has 0 spiro atoms. The zero-order valence-electron chi connectivity index (χ0n) is 18.6. The van der Waals surface area contributed by atoms with Gasteiger partial charge in [-0.15, -0.1) is 0 Å². The fourth-order valence-corrected chi connectivity index (χ4v) is 3.42. The minimum Gasteiger partial charge on any atom is -0.349 e. The molecule has 0 N–H and O–H groups in total. The van der Waals surface area contributed by atoms with Crippen molar-refractivity contribution in [1.82, 2.24) is 9.80 Å². The van der Waals surface area contributed by atoms with Gasteiger partial charge in [0.2, 0.25) is 11.8 Å². The molecule has 1 aliphatic heterocycles. The summed E-state index contributed by atoms with van der Waals surface area (Å²) >= 11 is 0. The number of Topliss-reactive ketones (excluding diaryl/α,β-unsaturated/α-hetero) is 1. The number of benzene rings is 2. The normalized spacial score (nSPS) is 16.3. The number of carbonyl (C=O) groups is 3. The number of rotatable bonds is 5. The first-order chi connectivity index (χ1) is 16.0. The molecule has 1 saturated heterocycles. The molecule has 0 atom stereocenters. The summed E-state index contributed by atoms with van der Waals surface area (Å²) in [4.78, 5) is 40.5. The van der Waals surface area contributed by atoms with Crippen LogP contribution in [0, 0.1) is 23.3 Å². The Morgan fingerprint density at radius 2 is 1.29 bits per heavy atom. The Morgan fingerprint density at radius 3 is 1.71 bits per heavy atom. The standard InChI is InChI=1S/C25H22F4N2O3/c1-30(2)23(32)7-8-24(33)31-13-17(9-15-3-5-19(26)21(28)11-15)25(34)18(14-31)10-16-4-6-20(27)22(29)12-16/h3-6,9-12H,7-8,13-14H2,1-2H3/b17-9+,18-10+. The highest BCUT2D eigenvalue weighted by molar-refractivity contribution is 6.15. The summed E-state index contributed by atoms with van der Waals surface area (Å²) in [6.45, 7) is -0.218. The van der Waals surface area contributed by atoms with Crippen molar-refractivity contribution >= 4 is 29.7 Å². The second kappa shape index (κ2) is 10.5. The van der Waals surface area contributed by atoms with E-state index in [9.17, 15) is 31.9 Å². The van der Waals surface area contributed by atoms with E-state index < -0.39 is 35.0 Å². The lowest BCUT2D eigenvalue weighted by atomic mass is 9.94. The number of halogens is 4. The molecule has 0 saturated carbocycles. The van der Waals surface area contributed by atoms with Crippen molar-refractivity contribution in [2.75, 3.05) is 27.2 Å². The lowest BCUT2D eigenvalue weighted by Gasteiger charge is -2.30. The molecule has 2 aromatic carbocycles. The zero-order chi connectivity index (χ0) is 25.0. The van der Waals surface area contributed by atoms with E-state index in [1.807, 2.05) is 0 Å². The minimum atomic E-state index is -1.09. The van der Waals surface area contributed by atoms with Gasteiger partial charge in [-0.2, -0.15) is 0 Å². The highest BCUT2D eigenvalue weighted by atomic mass is 19.2. The van der Waals surface area contributed by atoms with Gasteiger partial charge in [0.15, 0.2) is 29.1 Å². The van der Waals surface area contributed by atoms with Gasteiger partial charge in [0.1, 0.15) is 0 Å². The summed E-state index contributed by atoms with van der Waals surface area (Å²) in [6, 6.07) is 6.25. The number of piperidine rings is 1. The molecular formula is C25H22F4N2O3. The van der Waals surface area contributed by atoms with Crippen molar-refractivity contribution in [2.24, 2.45) is 0 Å². The Balaban J connectivity index is 1.95. The molecule has 0 unspecified atom stereocenters. The second-order valence-corrected chi connectivity index (χ2v) is 8.05. The predicted molar refractivity (Wildman–Crippen MR) is 118 cm³/mol. The minimum absolute atomic E-state index is 0.0271. The largest absolute Gasteiger partial charge is 0.349 e. The van der Waals surface area contributed by atoms with Crippen LogP contribution in [-0.4, -0.2) is 54.6 Å². The van der Waals surface area contributed by atoms with E-state index in [1.54, 1.807) is 14.1 Å². The third-order valence-corrected chi connectivity index (χ3v) is 5.28. The van der Waals surface area contributed by atoms with Crippen LogP contribution >= 0.6 is 0 Å². The monoisotopic (exact) mass is 474 g/mol. The summed E-state index contributed by atoms with van der Waals surface area (Å²) in [5.74, 6) is -5.37. The third-order valence-electron chi connectivity index (χ3n) is 5.28. The fraction of sp³-hybridized carbons (Fsp3) is 0.240. The van der Waals surface area contributed by atoms with E-state index >= 15 is 0 Å². The number of likely N-dealkylation sites (tertiary alicyclic amines) is 1. The molecule has 0 bridgehead atoms. The molecule has 0 aromatic heterocycles. The molecule has 0 aliphatic carbocycles. The van der Waals surface area contributed by atoms with Crippen LogP contribution in [0.15, 0.2) is 47.5 Å². The maximum absolute atomic E-state index is 13.6. The Kier molecular flexibility index (Phi) is 7.65. The first-order valence-electron chi connectivity index (χ1n) is 10.4. The number of carbonyl (C=O) groups excluding carboxylic acids is 3. The van der Waals surface area contributed by atoms with Crippen molar-refractivity contribution < 1.29 is 31.9 Å². The van der Waals surface area contributed by atoms with Gasteiger partial charge in [-0.25, -0.2) is 17.6 Å². The molecule has 1 fully saturated rings. The average Bonchev–Trinajstić information content (AvgIpc) is 2.79. The molecule has 3 rings (SSSR count). The highest BCUT2D eigenvalue weighted by Gasteiger charge is 2.29. The Morgan fingerprint density at radius 1 is 0.824 bits per heavy atom. The topological polar surface area (TPSA) is 57.7 Å². The molecule has 178 valence electrons. The Bertz CT molecular complexity index is 1130. The molecule has 9 heteroatoms. The number of hydrogen-bond donors (Lipinski definition) is 0. The molecule has 2 aromatic rings. The van der Waals surface area contributed by atoms with Crippen molar-refractivity contribution in [2.45, 2.75) is 12.8 Å². The Labute approximate surface area is 194 Å². The van der Waals surface area contributed by atoms with Gasteiger partial charge >= 0.3 is 0 Å².